The van der Waals surface area contributed by atoms with E-state index in [4.69, 9.17) is 23.2 Å². The normalized spacial score (nSPS) is 12.3. The van der Waals surface area contributed by atoms with Gasteiger partial charge in [-0.05, 0) is 17.7 Å². The highest BCUT2D eigenvalue weighted by Gasteiger charge is 2.13. The molecule has 18 heavy (non-hydrogen) atoms. The molecule has 1 aromatic carbocycles. The summed E-state index contributed by atoms with van der Waals surface area (Å²) >= 11 is 11.9. The minimum absolute atomic E-state index is 0.0754. The Morgan fingerprint density at radius 2 is 2.17 bits per heavy atom. The van der Waals surface area contributed by atoms with Crippen LogP contribution >= 0.6 is 23.2 Å². The second-order valence-corrected chi connectivity index (χ2v) is 4.85. The van der Waals surface area contributed by atoms with Crippen LogP contribution in [0.1, 0.15) is 17.9 Å². The maximum absolute atomic E-state index is 10.8. The van der Waals surface area contributed by atoms with E-state index >= 15 is 0 Å². The molecule has 5 heteroatoms. The zero-order chi connectivity index (χ0) is 13.0. The highest BCUT2D eigenvalue weighted by Crippen LogP contribution is 2.28. The van der Waals surface area contributed by atoms with Gasteiger partial charge in [-0.2, -0.15) is 0 Å². The highest BCUT2D eigenvalue weighted by molar-refractivity contribution is 6.42. The van der Waals surface area contributed by atoms with Crippen LogP contribution in [0.5, 0.6) is 0 Å². The minimum atomic E-state index is 0.0754. The van der Waals surface area contributed by atoms with Gasteiger partial charge in [0.2, 0.25) is 0 Å². The number of aldehydes is 1. The fraction of sp³-hybridized carbons (Fsp3) is 0.231. The quantitative estimate of drug-likeness (QED) is 0.786. The van der Waals surface area contributed by atoms with Crippen molar-refractivity contribution in [3.05, 3.63) is 52.5 Å². The van der Waals surface area contributed by atoms with Crippen LogP contribution in [-0.2, 0) is 11.3 Å². The summed E-state index contributed by atoms with van der Waals surface area (Å²) < 4.78 is 1.94. The number of nitrogens with zero attached hydrogens (tertiary/aromatic N) is 2. The molecule has 94 valence electrons. The first-order valence-electron chi connectivity index (χ1n) is 5.55. The third-order valence-electron chi connectivity index (χ3n) is 2.79. The van der Waals surface area contributed by atoms with Crippen molar-refractivity contribution in [2.75, 3.05) is 0 Å². The molecule has 0 saturated carbocycles. The van der Waals surface area contributed by atoms with E-state index in [0.717, 1.165) is 11.8 Å². The van der Waals surface area contributed by atoms with E-state index in [1.165, 1.54) is 0 Å². The van der Waals surface area contributed by atoms with Crippen LogP contribution in [0, 0.1) is 0 Å². The molecule has 0 spiro atoms. The molecular weight excluding hydrogens is 271 g/mol. The molecule has 1 atom stereocenters. The first kappa shape index (κ1) is 13.1. The van der Waals surface area contributed by atoms with E-state index in [2.05, 4.69) is 4.98 Å². The minimum Gasteiger partial charge on any atom is -0.337 e. The first-order valence-corrected chi connectivity index (χ1v) is 6.30. The fourth-order valence-corrected chi connectivity index (χ4v) is 2.15. The molecule has 0 aliphatic carbocycles. The van der Waals surface area contributed by atoms with Gasteiger partial charge in [-0.3, -0.25) is 0 Å². The zero-order valence-electron chi connectivity index (χ0n) is 9.59. The fourth-order valence-electron chi connectivity index (χ4n) is 1.85. The smallest absolute Gasteiger partial charge is 0.120 e. The van der Waals surface area contributed by atoms with Gasteiger partial charge in [0, 0.05) is 31.3 Å². The van der Waals surface area contributed by atoms with Crippen LogP contribution in [0.25, 0.3) is 0 Å². The summed E-state index contributed by atoms with van der Waals surface area (Å²) in [4.78, 5) is 14.8. The largest absolute Gasteiger partial charge is 0.337 e. The van der Waals surface area contributed by atoms with Gasteiger partial charge in [0.05, 0.1) is 16.4 Å². The SMILES string of the molecule is O=CCC(Cn1ccnc1)c1ccc(Cl)c(Cl)c1. The molecule has 0 amide bonds. The lowest BCUT2D eigenvalue weighted by molar-refractivity contribution is -0.108. The summed E-state index contributed by atoms with van der Waals surface area (Å²) in [6.45, 7) is 0.691. The van der Waals surface area contributed by atoms with Crippen molar-refractivity contribution in [2.24, 2.45) is 0 Å². The van der Waals surface area contributed by atoms with Crippen molar-refractivity contribution < 1.29 is 4.79 Å². The second kappa shape index (κ2) is 6.03. The molecule has 1 aromatic heterocycles. The van der Waals surface area contributed by atoms with Crippen LogP contribution in [0.2, 0.25) is 10.0 Å². The van der Waals surface area contributed by atoms with Gasteiger partial charge in [-0.15, -0.1) is 0 Å². The molecule has 0 bridgehead atoms. The highest BCUT2D eigenvalue weighted by atomic mass is 35.5. The number of aromatic nitrogens is 2. The maximum Gasteiger partial charge on any atom is 0.120 e. The van der Waals surface area contributed by atoms with E-state index in [0.29, 0.717) is 23.0 Å². The Morgan fingerprint density at radius 3 is 2.78 bits per heavy atom. The lowest BCUT2D eigenvalue weighted by Gasteiger charge is -2.16. The summed E-state index contributed by atoms with van der Waals surface area (Å²) in [5, 5.41) is 1.03. The monoisotopic (exact) mass is 282 g/mol. The maximum atomic E-state index is 10.8. The Labute approximate surface area is 115 Å². The van der Waals surface area contributed by atoms with Gasteiger partial charge >= 0.3 is 0 Å². The molecule has 0 aliphatic rings. The molecule has 0 saturated heterocycles. The van der Waals surface area contributed by atoms with Gasteiger partial charge in [0.25, 0.3) is 0 Å². The van der Waals surface area contributed by atoms with Gasteiger partial charge in [0.15, 0.2) is 0 Å². The first-order chi connectivity index (χ1) is 8.70. The van der Waals surface area contributed by atoms with Crippen LogP contribution < -0.4 is 0 Å². The van der Waals surface area contributed by atoms with Crippen molar-refractivity contribution in [3.63, 3.8) is 0 Å². The Balaban J connectivity index is 2.23. The summed E-state index contributed by atoms with van der Waals surface area (Å²) in [6, 6.07) is 5.47. The second-order valence-electron chi connectivity index (χ2n) is 4.03. The Morgan fingerprint density at radius 1 is 1.33 bits per heavy atom. The number of imidazole rings is 1. The average Bonchev–Trinajstić information content (AvgIpc) is 2.85. The summed E-state index contributed by atoms with van der Waals surface area (Å²) in [7, 11) is 0. The Hall–Kier alpha value is -1.32. The van der Waals surface area contributed by atoms with Crippen LogP contribution in [0.4, 0.5) is 0 Å². The molecule has 0 fully saturated rings. The third kappa shape index (κ3) is 3.12. The van der Waals surface area contributed by atoms with E-state index in [1.807, 2.05) is 22.9 Å². The summed E-state index contributed by atoms with van der Waals surface area (Å²) in [5.74, 6) is 0.0754. The van der Waals surface area contributed by atoms with E-state index < -0.39 is 0 Å². The molecule has 1 heterocycles. The van der Waals surface area contributed by atoms with Gasteiger partial charge < -0.3 is 9.36 Å². The lowest BCUT2D eigenvalue weighted by atomic mass is 9.96. The topological polar surface area (TPSA) is 34.9 Å². The van der Waals surface area contributed by atoms with Gasteiger partial charge in [-0.1, -0.05) is 29.3 Å². The van der Waals surface area contributed by atoms with Gasteiger partial charge in [0.1, 0.15) is 6.29 Å². The molecular formula is C13H12Cl2N2O. The van der Waals surface area contributed by atoms with Crippen molar-refractivity contribution in [3.8, 4) is 0 Å². The number of hydrogen-bond donors (Lipinski definition) is 0. The number of halogens is 2. The van der Waals surface area contributed by atoms with E-state index in [1.54, 1.807) is 18.6 Å². The van der Waals surface area contributed by atoms with E-state index in [-0.39, 0.29) is 5.92 Å². The van der Waals surface area contributed by atoms with Crippen LogP contribution in [0.3, 0.4) is 0 Å². The van der Waals surface area contributed by atoms with Gasteiger partial charge in [-0.25, -0.2) is 4.98 Å². The third-order valence-corrected chi connectivity index (χ3v) is 3.53. The number of carbonyl (C=O) groups excluding carboxylic acids is 1. The van der Waals surface area contributed by atoms with Crippen LogP contribution in [-0.4, -0.2) is 15.8 Å². The number of hydrogen-bond acceptors (Lipinski definition) is 2. The predicted molar refractivity (Wildman–Crippen MR) is 72.1 cm³/mol. The number of rotatable bonds is 5. The van der Waals surface area contributed by atoms with Crippen molar-refractivity contribution >= 4 is 29.5 Å². The van der Waals surface area contributed by atoms with Crippen molar-refractivity contribution in [1.82, 2.24) is 9.55 Å². The summed E-state index contributed by atoms with van der Waals surface area (Å²) in [5.41, 5.74) is 1.00. The lowest BCUT2D eigenvalue weighted by Crippen LogP contribution is -2.08. The predicted octanol–water partition coefficient (Wildman–Crippen LogP) is 3.56. The number of carbonyl (C=O) groups is 1. The average molecular weight is 283 g/mol. The Kier molecular flexibility index (Phi) is 4.39. The standard InChI is InChI=1S/C13H12Cl2N2O/c14-12-2-1-10(7-13(12)15)11(3-6-18)8-17-5-4-16-9-17/h1-2,4-7,9,11H,3,8H2. The van der Waals surface area contributed by atoms with Crippen molar-refractivity contribution in [1.29, 1.82) is 0 Å². The number of benzene rings is 1. The molecule has 3 nitrogen and oxygen atoms in total. The molecule has 0 radical (unpaired) electrons. The molecule has 2 aromatic rings. The molecule has 1 unspecified atom stereocenters. The van der Waals surface area contributed by atoms with Crippen molar-refractivity contribution in [2.45, 2.75) is 18.9 Å². The summed E-state index contributed by atoms with van der Waals surface area (Å²) in [6.07, 6.45) is 6.68. The van der Waals surface area contributed by atoms with E-state index in [9.17, 15) is 4.79 Å². The molecule has 0 N–H and O–H groups in total. The van der Waals surface area contributed by atoms with Crippen LogP contribution in [0.15, 0.2) is 36.9 Å². The molecule has 0 aliphatic heterocycles. The Bertz CT molecular complexity index is 526. The molecule has 2 rings (SSSR count). The zero-order valence-corrected chi connectivity index (χ0v) is 11.1.